The van der Waals surface area contributed by atoms with E-state index >= 15 is 0 Å². The van der Waals surface area contributed by atoms with Crippen molar-refractivity contribution in [2.24, 2.45) is 0 Å². The van der Waals surface area contributed by atoms with Crippen molar-refractivity contribution < 1.29 is 27.9 Å². The van der Waals surface area contributed by atoms with Crippen LogP contribution in [0.25, 0.3) is 11.1 Å². The van der Waals surface area contributed by atoms with Crippen molar-refractivity contribution in [2.75, 3.05) is 13.1 Å². The summed E-state index contributed by atoms with van der Waals surface area (Å²) in [6.07, 6.45) is 3.11. The van der Waals surface area contributed by atoms with Gasteiger partial charge in [-0.05, 0) is 79.3 Å². The topological polar surface area (TPSA) is 82.5 Å². The quantitative estimate of drug-likeness (QED) is 0.672. The van der Waals surface area contributed by atoms with Gasteiger partial charge in [-0.2, -0.15) is 13.2 Å². The summed E-state index contributed by atoms with van der Waals surface area (Å²) in [4.78, 5) is 27.3. The summed E-state index contributed by atoms with van der Waals surface area (Å²) in [7, 11) is 0. The van der Waals surface area contributed by atoms with E-state index in [1.807, 2.05) is 31.1 Å². The van der Waals surface area contributed by atoms with Crippen LogP contribution in [0.15, 0.2) is 42.7 Å². The van der Waals surface area contributed by atoms with E-state index in [9.17, 15) is 18.0 Å². The first-order chi connectivity index (χ1) is 15.5. The number of aromatic nitrogens is 1. The summed E-state index contributed by atoms with van der Waals surface area (Å²) in [5.41, 5.74) is 5.73. The van der Waals surface area contributed by atoms with Crippen molar-refractivity contribution in [3.8, 4) is 11.1 Å². The fourth-order valence-electron chi connectivity index (χ4n) is 4.52. The number of aliphatic carboxylic acids is 1. The lowest BCUT2D eigenvalue weighted by molar-refractivity contribution is -0.192. The van der Waals surface area contributed by atoms with Crippen LogP contribution in [-0.2, 0) is 16.6 Å². The maximum atomic E-state index is 12.3. The van der Waals surface area contributed by atoms with E-state index in [1.165, 1.54) is 28.7 Å². The molecule has 2 amide bonds. The molecule has 2 aromatic rings. The molecule has 9 heteroatoms. The molecule has 1 fully saturated rings. The molecule has 2 heterocycles. The minimum atomic E-state index is -5.08. The zero-order chi connectivity index (χ0) is 24.2. The highest BCUT2D eigenvalue weighted by atomic mass is 19.4. The molecule has 4 rings (SSSR count). The third kappa shape index (κ3) is 5.83. The molecule has 1 aliphatic heterocycles. The lowest BCUT2D eigenvalue weighted by atomic mass is 9.73. The van der Waals surface area contributed by atoms with Gasteiger partial charge in [-0.25, -0.2) is 9.59 Å². The van der Waals surface area contributed by atoms with Gasteiger partial charge in [-0.1, -0.05) is 18.2 Å². The normalized spacial score (nSPS) is 16.7. The lowest BCUT2D eigenvalue weighted by Crippen LogP contribution is -2.49. The van der Waals surface area contributed by atoms with E-state index in [2.05, 4.69) is 40.6 Å². The first-order valence-electron chi connectivity index (χ1n) is 10.9. The summed E-state index contributed by atoms with van der Waals surface area (Å²) in [5.74, 6) is -2.76. The van der Waals surface area contributed by atoms with Crippen LogP contribution in [0.4, 0.5) is 18.0 Å². The number of aryl methyl sites for hydroxylation is 1. The van der Waals surface area contributed by atoms with Gasteiger partial charge in [0.05, 0.1) is 0 Å². The second-order valence-corrected chi connectivity index (χ2v) is 8.78. The van der Waals surface area contributed by atoms with Gasteiger partial charge in [0.1, 0.15) is 0 Å². The Labute approximate surface area is 190 Å². The Morgan fingerprint density at radius 1 is 1.06 bits per heavy atom. The molecule has 0 radical (unpaired) electrons. The molecule has 178 valence electrons. The second-order valence-electron chi connectivity index (χ2n) is 8.78. The van der Waals surface area contributed by atoms with Crippen LogP contribution in [0.5, 0.6) is 0 Å². The predicted octanol–water partition coefficient (Wildman–Crippen LogP) is 4.78. The van der Waals surface area contributed by atoms with Crippen molar-refractivity contribution >= 4 is 12.0 Å². The maximum Gasteiger partial charge on any atom is 0.490 e. The third-order valence-corrected chi connectivity index (χ3v) is 6.23. The number of hydrogen-bond acceptors (Lipinski definition) is 3. The summed E-state index contributed by atoms with van der Waals surface area (Å²) >= 11 is 0. The number of hydrogen-bond donors (Lipinski definition) is 2. The standard InChI is InChI=1S/C22H27N3O.C2HF3O2/c1-16(2)24-21(26)25-13-9-22(10-14-25)8-5-18-3-4-19(15-20(18)22)17-6-11-23-12-7-17;3-2(4,5)1(6)7/h3-4,6-7,11-12,15-16H,5,8-10,13-14H2,1-2H3,(H,24,26);(H,6,7). The SMILES string of the molecule is CC(C)NC(=O)N1CCC2(CCc3ccc(-c4ccncc4)cc32)CC1.O=C(O)C(F)(F)F. The minimum Gasteiger partial charge on any atom is -0.475 e. The van der Waals surface area contributed by atoms with Gasteiger partial charge in [0.2, 0.25) is 0 Å². The van der Waals surface area contributed by atoms with Gasteiger partial charge >= 0.3 is 18.2 Å². The zero-order valence-electron chi connectivity index (χ0n) is 18.7. The van der Waals surface area contributed by atoms with E-state index in [4.69, 9.17) is 9.90 Å². The highest BCUT2D eigenvalue weighted by Gasteiger charge is 2.42. The number of benzene rings is 1. The molecular weight excluding hydrogens is 435 g/mol. The van der Waals surface area contributed by atoms with E-state index in [1.54, 1.807) is 0 Å². The Bertz CT molecular complexity index is 985. The summed E-state index contributed by atoms with van der Waals surface area (Å²) in [5, 5.41) is 10.1. The number of amides is 2. The van der Waals surface area contributed by atoms with Crippen LogP contribution in [-0.4, -0.2) is 52.3 Å². The van der Waals surface area contributed by atoms with Gasteiger partial charge in [0, 0.05) is 31.5 Å². The third-order valence-electron chi connectivity index (χ3n) is 6.23. The van der Waals surface area contributed by atoms with E-state index in [0.717, 1.165) is 32.4 Å². The molecule has 0 unspecified atom stereocenters. The molecule has 6 nitrogen and oxygen atoms in total. The number of nitrogens with one attached hydrogen (secondary N) is 1. The van der Waals surface area contributed by atoms with E-state index < -0.39 is 12.1 Å². The number of alkyl halides is 3. The monoisotopic (exact) mass is 463 g/mol. The highest BCUT2D eigenvalue weighted by Crippen LogP contribution is 2.47. The van der Waals surface area contributed by atoms with Gasteiger partial charge in [0.25, 0.3) is 0 Å². The lowest BCUT2D eigenvalue weighted by Gasteiger charge is -2.40. The van der Waals surface area contributed by atoms with Crippen LogP contribution < -0.4 is 5.32 Å². The number of piperidine rings is 1. The number of halogens is 3. The molecule has 0 saturated carbocycles. The Balaban J connectivity index is 0.000000383. The Hall–Kier alpha value is -3.10. The number of carboxylic acids is 1. The van der Waals surface area contributed by atoms with Gasteiger partial charge in [-0.3, -0.25) is 4.98 Å². The number of carbonyl (C=O) groups is 2. The van der Waals surface area contributed by atoms with Gasteiger partial charge in [-0.15, -0.1) is 0 Å². The summed E-state index contributed by atoms with van der Waals surface area (Å²) < 4.78 is 31.7. The van der Waals surface area contributed by atoms with E-state index in [-0.39, 0.29) is 17.5 Å². The average molecular weight is 464 g/mol. The number of carbonyl (C=O) groups excluding carboxylic acids is 1. The number of nitrogens with zero attached hydrogens (tertiary/aromatic N) is 2. The number of urea groups is 1. The number of fused-ring (bicyclic) bond motifs is 2. The molecule has 33 heavy (non-hydrogen) atoms. The van der Waals surface area contributed by atoms with Crippen molar-refractivity contribution in [3.05, 3.63) is 53.9 Å². The first-order valence-corrected chi connectivity index (χ1v) is 10.9. The maximum absolute atomic E-state index is 12.3. The van der Waals surface area contributed by atoms with Crippen LogP contribution >= 0.6 is 0 Å². The van der Waals surface area contributed by atoms with Crippen molar-refractivity contribution in [1.82, 2.24) is 15.2 Å². The Morgan fingerprint density at radius 3 is 2.21 bits per heavy atom. The van der Waals surface area contributed by atoms with Crippen molar-refractivity contribution in [1.29, 1.82) is 0 Å². The smallest absolute Gasteiger partial charge is 0.475 e. The van der Waals surface area contributed by atoms with Crippen LogP contribution in [0.2, 0.25) is 0 Å². The Morgan fingerprint density at radius 2 is 1.67 bits per heavy atom. The summed E-state index contributed by atoms with van der Waals surface area (Å²) in [6, 6.07) is 11.3. The molecule has 1 aliphatic carbocycles. The number of likely N-dealkylation sites (tertiary alicyclic amines) is 1. The summed E-state index contributed by atoms with van der Waals surface area (Å²) in [6.45, 7) is 5.71. The molecule has 2 aliphatic rings. The van der Waals surface area contributed by atoms with Gasteiger partial charge in [0.15, 0.2) is 0 Å². The van der Waals surface area contributed by atoms with Crippen molar-refractivity contribution in [3.63, 3.8) is 0 Å². The number of carboxylic acid groups (broad SMARTS) is 1. The fourth-order valence-corrected chi connectivity index (χ4v) is 4.52. The average Bonchev–Trinajstić information content (AvgIpc) is 3.11. The Kier molecular flexibility index (Phi) is 7.29. The first kappa shape index (κ1) is 24.5. The molecular formula is C24H28F3N3O3. The van der Waals surface area contributed by atoms with Crippen LogP contribution in [0, 0.1) is 0 Å². The predicted molar refractivity (Wildman–Crippen MR) is 118 cm³/mol. The van der Waals surface area contributed by atoms with Crippen LogP contribution in [0.3, 0.4) is 0 Å². The molecule has 0 bridgehead atoms. The second kappa shape index (κ2) is 9.80. The van der Waals surface area contributed by atoms with Gasteiger partial charge < -0.3 is 15.3 Å². The number of pyridine rings is 1. The molecule has 0 atom stereocenters. The molecule has 2 N–H and O–H groups in total. The van der Waals surface area contributed by atoms with E-state index in [0.29, 0.717) is 0 Å². The van der Waals surface area contributed by atoms with Crippen LogP contribution in [0.1, 0.15) is 44.2 Å². The molecule has 1 aromatic heterocycles. The largest absolute Gasteiger partial charge is 0.490 e. The zero-order valence-corrected chi connectivity index (χ0v) is 18.7. The van der Waals surface area contributed by atoms with Crippen molar-refractivity contribution in [2.45, 2.75) is 57.2 Å². The highest BCUT2D eigenvalue weighted by molar-refractivity contribution is 5.74. The molecule has 1 spiro atoms. The molecule has 1 aromatic carbocycles. The minimum absolute atomic E-state index is 0.0820. The molecule has 1 saturated heterocycles. The fraction of sp³-hybridized carbons (Fsp3) is 0.458. The number of rotatable bonds is 2.